The first-order valence-corrected chi connectivity index (χ1v) is 8.73. The van der Waals surface area contributed by atoms with Crippen molar-refractivity contribution in [2.45, 2.75) is 27.7 Å². The van der Waals surface area contributed by atoms with Gasteiger partial charge in [-0.15, -0.1) is 0 Å². The summed E-state index contributed by atoms with van der Waals surface area (Å²) in [5.41, 5.74) is 2.87. The lowest BCUT2D eigenvalue weighted by Gasteiger charge is -2.23. The fraction of sp³-hybridized carbons (Fsp3) is 0.273. The number of allylic oxidation sites excluding steroid dienone is 1. The van der Waals surface area contributed by atoms with Gasteiger partial charge in [-0.2, -0.15) is 0 Å². The van der Waals surface area contributed by atoms with E-state index in [0.29, 0.717) is 11.1 Å². The summed E-state index contributed by atoms with van der Waals surface area (Å²) >= 11 is 0. The minimum Gasteiger partial charge on any atom is -0.490 e. The molecule has 6 nitrogen and oxygen atoms in total. The third-order valence-electron chi connectivity index (χ3n) is 4.10. The zero-order valence-corrected chi connectivity index (χ0v) is 16.9. The first kappa shape index (κ1) is 21.0. The molecule has 0 saturated carbocycles. The van der Waals surface area contributed by atoms with Gasteiger partial charge >= 0.3 is 11.9 Å². The van der Waals surface area contributed by atoms with E-state index < -0.39 is 11.9 Å². The summed E-state index contributed by atoms with van der Waals surface area (Å²) in [6, 6.07) is 9.61. The molecule has 0 spiro atoms. The van der Waals surface area contributed by atoms with Crippen LogP contribution in [0.4, 0.5) is 0 Å². The van der Waals surface area contributed by atoms with Crippen molar-refractivity contribution in [3.63, 3.8) is 0 Å². The van der Waals surface area contributed by atoms with Crippen LogP contribution >= 0.6 is 0 Å². The summed E-state index contributed by atoms with van der Waals surface area (Å²) in [7, 11) is 2.86. The Labute approximate surface area is 164 Å². The molecular weight excluding hydrogens is 360 g/mol. The lowest BCUT2D eigenvalue weighted by Crippen LogP contribution is -2.12. The highest BCUT2D eigenvalue weighted by atomic mass is 16.6. The number of carbonyl (C=O) groups is 2. The Balaban J connectivity index is 2.95. The number of hydrogen-bond acceptors (Lipinski definition) is 6. The first-order valence-electron chi connectivity index (χ1n) is 8.73. The topological polar surface area (TPSA) is 71.1 Å². The molecule has 0 aliphatic carbocycles. The Kier molecular flexibility index (Phi) is 6.82. The van der Waals surface area contributed by atoms with Crippen LogP contribution in [0.5, 0.6) is 23.0 Å². The van der Waals surface area contributed by atoms with Crippen molar-refractivity contribution in [1.82, 2.24) is 0 Å². The SMILES string of the molecule is C/C=C(\c1ccccc1)c1c(C)c(OC(C)=O)c(OC)c(OC)c1OC(C)=O. The van der Waals surface area contributed by atoms with E-state index in [4.69, 9.17) is 18.9 Å². The summed E-state index contributed by atoms with van der Waals surface area (Å²) in [6.45, 7) is 6.26. The van der Waals surface area contributed by atoms with E-state index >= 15 is 0 Å². The molecule has 0 atom stereocenters. The van der Waals surface area contributed by atoms with Gasteiger partial charge in [-0.1, -0.05) is 36.4 Å². The Morgan fingerprint density at radius 1 is 0.821 bits per heavy atom. The molecule has 148 valence electrons. The van der Waals surface area contributed by atoms with E-state index in [2.05, 4.69) is 0 Å². The Morgan fingerprint density at radius 2 is 1.32 bits per heavy atom. The maximum Gasteiger partial charge on any atom is 0.308 e. The van der Waals surface area contributed by atoms with Crippen molar-refractivity contribution in [3.05, 3.63) is 53.1 Å². The fourth-order valence-corrected chi connectivity index (χ4v) is 3.05. The average molecular weight is 384 g/mol. The molecule has 0 N–H and O–H groups in total. The van der Waals surface area contributed by atoms with Crippen LogP contribution in [0.1, 0.15) is 37.5 Å². The number of benzene rings is 2. The molecule has 2 aromatic carbocycles. The van der Waals surface area contributed by atoms with Crippen LogP contribution in [0.3, 0.4) is 0 Å². The first-order chi connectivity index (χ1) is 13.3. The van der Waals surface area contributed by atoms with E-state index in [1.54, 1.807) is 6.92 Å². The molecule has 28 heavy (non-hydrogen) atoms. The number of methoxy groups -OCH3 is 2. The van der Waals surface area contributed by atoms with Gasteiger partial charge in [0.2, 0.25) is 11.5 Å². The predicted molar refractivity (Wildman–Crippen MR) is 106 cm³/mol. The standard InChI is InChI=1S/C22H24O6/c1-7-17(16-11-9-8-10-12-16)18-13(2)19(27-14(3)23)21(25-5)22(26-6)20(18)28-15(4)24/h7-12H,1-6H3/b17-7+. The van der Waals surface area contributed by atoms with Crippen molar-refractivity contribution in [3.8, 4) is 23.0 Å². The largest absolute Gasteiger partial charge is 0.490 e. The second-order valence-corrected chi connectivity index (χ2v) is 5.98. The van der Waals surface area contributed by atoms with E-state index in [-0.39, 0.29) is 23.0 Å². The molecule has 0 aliphatic rings. The maximum atomic E-state index is 11.8. The molecular formula is C22H24O6. The van der Waals surface area contributed by atoms with Crippen LogP contribution < -0.4 is 18.9 Å². The van der Waals surface area contributed by atoms with E-state index in [0.717, 1.165) is 11.1 Å². The average Bonchev–Trinajstić information content (AvgIpc) is 2.66. The smallest absolute Gasteiger partial charge is 0.308 e. The zero-order chi connectivity index (χ0) is 20.8. The minimum absolute atomic E-state index is 0.171. The zero-order valence-electron chi connectivity index (χ0n) is 16.9. The molecule has 0 unspecified atom stereocenters. The van der Waals surface area contributed by atoms with Gasteiger partial charge in [0.1, 0.15) is 0 Å². The van der Waals surface area contributed by atoms with Gasteiger partial charge in [0.15, 0.2) is 11.5 Å². The van der Waals surface area contributed by atoms with Crippen molar-refractivity contribution in [2.24, 2.45) is 0 Å². The van der Waals surface area contributed by atoms with Crippen LogP contribution in [-0.4, -0.2) is 26.2 Å². The van der Waals surface area contributed by atoms with E-state index in [1.807, 2.05) is 43.3 Å². The summed E-state index contributed by atoms with van der Waals surface area (Å²) in [6.07, 6.45) is 1.90. The van der Waals surface area contributed by atoms with Crippen LogP contribution in [-0.2, 0) is 9.59 Å². The van der Waals surface area contributed by atoms with E-state index in [9.17, 15) is 9.59 Å². The minimum atomic E-state index is -0.509. The number of hydrogen-bond donors (Lipinski definition) is 0. The highest BCUT2D eigenvalue weighted by Crippen LogP contribution is 2.52. The monoisotopic (exact) mass is 384 g/mol. The lowest BCUT2D eigenvalue weighted by atomic mass is 9.92. The molecule has 0 aliphatic heterocycles. The van der Waals surface area contributed by atoms with Gasteiger partial charge in [0, 0.05) is 25.0 Å². The predicted octanol–water partition coefficient (Wildman–Crippen LogP) is 4.31. The molecule has 0 amide bonds. The van der Waals surface area contributed by atoms with Crippen molar-refractivity contribution >= 4 is 17.5 Å². The van der Waals surface area contributed by atoms with E-state index in [1.165, 1.54) is 28.1 Å². The van der Waals surface area contributed by atoms with Gasteiger partial charge in [-0.05, 0) is 25.0 Å². The summed E-state index contributed by atoms with van der Waals surface area (Å²) in [5.74, 6) is -0.241. The molecule has 0 heterocycles. The molecule has 0 saturated heterocycles. The van der Waals surface area contributed by atoms with Gasteiger partial charge in [0.25, 0.3) is 0 Å². The molecule has 2 aromatic rings. The fourth-order valence-electron chi connectivity index (χ4n) is 3.05. The van der Waals surface area contributed by atoms with Gasteiger partial charge in [-0.3, -0.25) is 9.59 Å². The van der Waals surface area contributed by atoms with Crippen LogP contribution in [0.15, 0.2) is 36.4 Å². The Bertz CT molecular complexity index is 913. The molecule has 0 bridgehead atoms. The van der Waals surface area contributed by atoms with Gasteiger partial charge < -0.3 is 18.9 Å². The normalized spacial score (nSPS) is 11.0. The number of rotatable bonds is 6. The quantitative estimate of drug-likeness (QED) is 0.546. The second kappa shape index (κ2) is 9.08. The van der Waals surface area contributed by atoms with Crippen LogP contribution in [0.2, 0.25) is 0 Å². The van der Waals surface area contributed by atoms with Gasteiger partial charge in [-0.25, -0.2) is 0 Å². The second-order valence-electron chi connectivity index (χ2n) is 5.98. The molecule has 0 fully saturated rings. The molecule has 0 aromatic heterocycles. The summed E-state index contributed by atoms with van der Waals surface area (Å²) in [5, 5.41) is 0. The molecule has 6 heteroatoms. The van der Waals surface area contributed by atoms with Gasteiger partial charge in [0.05, 0.1) is 14.2 Å². The number of carbonyl (C=O) groups excluding carboxylic acids is 2. The molecule has 2 rings (SSSR count). The van der Waals surface area contributed by atoms with Crippen molar-refractivity contribution in [1.29, 1.82) is 0 Å². The number of esters is 2. The van der Waals surface area contributed by atoms with Crippen molar-refractivity contribution < 1.29 is 28.5 Å². The summed E-state index contributed by atoms with van der Waals surface area (Å²) < 4.78 is 21.9. The lowest BCUT2D eigenvalue weighted by molar-refractivity contribution is -0.133. The molecule has 0 radical (unpaired) electrons. The third-order valence-corrected chi connectivity index (χ3v) is 4.10. The maximum absolute atomic E-state index is 11.8. The van der Waals surface area contributed by atoms with Crippen LogP contribution in [0.25, 0.3) is 5.57 Å². The highest BCUT2D eigenvalue weighted by molar-refractivity contribution is 5.91. The van der Waals surface area contributed by atoms with Crippen molar-refractivity contribution in [2.75, 3.05) is 14.2 Å². The number of ether oxygens (including phenoxy) is 4. The Hall–Kier alpha value is -3.28. The Morgan fingerprint density at radius 3 is 1.79 bits per heavy atom. The third kappa shape index (κ3) is 4.17. The summed E-state index contributed by atoms with van der Waals surface area (Å²) in [4.78, 5) is 23.5. The highest BCUT2D eigenvalue weighted by Gasteiger charge is 2.29. The van der Waals surface area contributed by atoms with Crippen LogP contribution in [0, 0.1) is 6.92 Å².